The highest BCUT2D eigenvalue weighted by molar-refractivity contribution is 7.09. The van der Waals surface area contributed by atoms with E-state index in [-0.39, 0.29) is 12.4 Å². The van der Waals surface area contributed by atoms with Gasteiger partial charge in [-0.05, 0) is 31.5 Å². The molecule has 3 nitrogen and oxygen atoms in total. The van der Waals surface area contributed by atoms with Crippen molar-refractivity contribution in [1.82, 2.24) is 4.98 Å². The van der Waals surface area contributed by atoms with Crippen molar-refractivity contribution in [2.75, 3.05) is 0 Å². The van der Waals surface area contributed by atoms with Crippen molar-refractivity contribution in [1.29, 1.82) is 0 Å². The fraction of sp³-hybridized carbons (Fsp3) is 0.308. The van der Waals surface area contributed by atoms with E-state index in [1.807, 2.05) is 12.3 Å². The molecule has 18 heavy (non-hydrogen) atoms. The number of aliphatic hydroxyl groups excluding tert-OH is 1. The number of ether oxygens (including phenoxy) is 1. The Bertz CT molecular complexity index is 540. The Morgan fingerprint density at radius 1 is 1.50 bits per heavy atom. The smallest absolute Gasteiger partial charge is 0.165 e. The summed E-state index contributed by atoms with van der Waals surface area (Å²) in [7, 11) is 0. The summed E-state index contributed by atoms with van der Waals surface area (Å²) in [6, 6.07) is 4.46. The fourth-order valence-electron chi connectivity index (χ4n) is 1.50. The third kappa shape index (κ3) is 3.05. The van der Waals surface area contributed by atoms with Crippen molar-refractivity contribution in [3.63, 3.8) is 0 Å². The van der Waals surface area contributed by atoms with Crippen LogP contribution in [-0.2, 0) is 6.61 Å². The number of thiazole rings is 1. The van der Waals surface area contributed by atoms with E-state index in [2.05, 4.69) is 4.98 Å². The monoisotopic (exact) mass is 267 g/mol. The molecule has 0 fully saturated rings. The lowest BCUT2D eigenvalue weighted by Crippen LogP contribution is -1.99. The zero-order valence-corrected chi connectivity index (χ0v) is 11.0. The van der Waals surface area contributed by atoms with E-state index < -0.39 is 11.9 Å². The molecule has 1 atom stereocenters. The molecule has 0 saturated carbocycles. The Balaban J connectivity index is 2.05. The predicted molar refractivity (Wildman–Crippen MR) is 68.2 cm³/mol. The Morgan fingerprint density at radius 3 is 2.83 bits per heavy atom. The second-order valence-corrected chi connectivity index (χ2v) is 4.98. The minimum absolute atomic E-state index is 0.173. The lowest BCUT2D eigenvalue weighted by atomic mass is 10.1. The molecule has 5 heteroatoms. The van der Waals surface area contributed by atoms with Gasteiger partial charge in [-0.15, -0.1) is 11.3 Å². The molecule has 1 aromatic carbocycles. The highest BCUT2D eigenvalue weighted by Crippen LogP contribution is 2.23. The zero-order valence-electron chi connectivity index (χ0n) is 10.2. The summed E-state index contributed by atoms with van der Waals surface area (Å²) in [4.78, 5) is 4.23. The van der Waals surface area contributed by atoms with Crippen LogP contribution in [0.3, 0.4) is 0 Å². The maximum absolute atomic E-state index is 13.7. The minimum Gasteiger partial charge on any atom is -0.483 e. The maximum atomic E-state index is 13.7. The van der Waals surface area contributed by atoms with Crippen LogP contribution in [0, 0.1) is 12.7 Å². The summed E-state index contributed by atoms with van der Waals surface area (Å²) in [5, 5.41) is 12.1. The lowest BCUT2D eigenvalue weighted by molar-refractivity contribution is 0.198. The van der Waals surface area contributed by atoms with Gasteiger partial charge < -0.3 is 9.84 Å². The number of aliphatic hydroxyl groups is 1. The van der Waals surface area contributed by atoms with Crippen LogP contribution in [0.25, 0.3) is 0 Å². The first-order valence-electron chi connectivity index (χ1n) is 5.57. The van der Waals surface area contributed by atoms with Gasteiger partial charge in [0.2, 0.25) is 0 Å². The van der Waals surface area contributed by atoms with Crippen molar-refractivity contribution in [2.24, 2.45) is 0 Å². The SMILES string of the molecule is Cc1csc(COc2ccc(C(C)O)cc2F)n1. The molecule has 0 radical (unpaired) electrons. The average molecular weight is 267 g/mol. The molecule has 1 N–H and O–H groups in total. The summed E-state index contributed by atoms with van der Waals surface area (Å²) < 4.78 is 19.0. The quantitative estimate of drug-likeness (QED) is 0.924. The normalized spacial score (nSPS) is 12.4. The van der Waals surface area contributed by atoms with E-state index in [1.54, 1.807) is 13.0 Å². The molecule has 1 unspecified atom stereocenters. The van der Waals surface area contributed by atoms with Crippen molar-refractivity contribution in [3.05, 3.63) is 45.7 Å². The van der Waals surface area contributed by atoms with Crippen molar-refractivity contribution < 1.29 is 14.2 Å². The number of hydrogen-bond donors (Lipinski definition) is 1. The van der Waals surface area contributed by atoms with Crippen LogP contribution in [0.1, 0.15) is 29.3 Å². The van der Waals surface area contributed by atoms with Gasteiger partial charge in [0.15, 0.2) is 11.6 Å². The van der Waals surface area contributed by atoms with Gasteiger partial charge in [0.25, 0.3) is 0 Å². The van der Waals surface area contributed by atoms with E-state index in [0.29, 0.717) is 5.56 Å². The Labute approximate surface area is 109 Å². The molecule has 0 spiro atoms. The van der Waals surface area contributed by atoms with Gasteiger partial charge in [-0.25, -0.2) is 9.37 Å². The van der Waals surface area contributed by atoms with Gasteiger partial charge in [0.1, 0.15) is 11.6 Å². The van der Waals surface area contributed by atoms with Crippen LogP contribution in [-0.4, -0.2) is 10.1 Å². The third-order valence-corrected chi connectivity index (χ3v) is 3.40. The molecule has 0 bridgehead atoms. The summed E-state index contributed by atoms with van der Waals surface area (Å²) in [6.07, 6.45) is -0.685. The first kappa shape index (κ1) is 13.0. The largest absolute Gasteiger partial charge is 0.483 e. The number of aryl methyl sites for hydroxylation is 1. The Kier molecular flexibility index (Phi) is 3.93. The molecule has 0 aliphatic carbocycles. The summed E-state index contributed by atoms with van der Waals surface area (Å²) in [5.41, 5.74) is 1.47. The van der Waals surface area contributed by atoms with Gasteiger partial charge in [0.05, 0.1) is 6.10 Å². The molecule has 1 aromatic heterocycles. The minimum atomic E-state index is -0.685. The number of halogens is 1. The van der Waals surface area contributed by atoms with Gasteiger partial charge >= 0.3 is 0 Å². The molecular formula is C13H14FNO2S. The Hall–Kier alpha value is -1.46. The van der Waals surface area contributed by atoms with Crippen LogP contribution in [0.2, 0.25) is 0 Å². The molecule has 2 rings (SSSR count). The second-order valence-electron chi connectivity index (χ2n) is 4.04. The highest BCUT2D eigenvalue weighted by Gasteiger charge is 2.09. The van der Waals surface area contributed by atoms with Crippen LogP contribution in [0.5, 0.6) is 5.75 Å². The first-order chi connectivity index (χ1) is 8.56. The van der Waals surface area contributed by atoms with E-state index in [4.69, 9.17) is 4.74 Å². The summed E-state index contributed by atoms with van der Waals surface area (Å²) >= 11 is 1.48. The number of benzene rings is 1. The fourth-order valence-corrected chi connectivity index (χ4v) is 2.19. The Morgan fingerprint density at radius 2 is 2.28 bits per heavy atom. The van der Waals surface area contributed by atoms with Gasteiger partial charge in [0, 0.05) is 11.1 Å². The van der Waals surface area contributed by atoms with Crippen LogP contribution in [0.4, 0.5) is 4.39 Å². The third-order valence-electron chi connectivity index (χ3n) is 2.46. The molecule has 0 saturated heterocycles. The van der Waals surface area contributed by atoms with Crippen molar-refractivity contribution >= 4 is 11.3 Å². The average Bonchev–Trinajstić information content (AvgIpc) is 2.73. The second kappa shape index (κ2) is 5.46. The number of hydrogen-bond acceptors (Lipinski definition) is 4. The van der Waals surface area contributed by atoms with Crippen molar-refractivity contribution in [2.45, 2.75) is 26.6 Å². The van der Waals surface area contributed by atoms with E-state index in [0.717, 1.165) is 10.7 Å². The van der Waals surface area contributed by atoms with E-state index in [1.165, 1.54) is 23.5 Å². The highest BCUT2D eigenvalue weighted by atomic mass is 32.1. The molecule has 0 aliphatic heterocycles. The standard InChI is InChI=1S/C13H14FNO2S/c1-8-7-18-13(15-8)6-17-12-4-3-10(9(2)16)5-11(12)14/h3-5,7,9,16H,6H2,1-2H3. The summed E-state index contributed by atoms with van der Waals surface area (Å²) in [6.45, 7) is 3.75. The predicted octanol–water partition coefficient (Wildman–Crippen LogP) is 3.22. The zero-order chi connectivity index (χ0) is 13.1. The van der Waals surface area contributed by atoms with E-state index >= 15 is 0 Å². The van der Waals surface area contributed by atoms with Gasteiger partial charge in [-0.3, -0.25) is 0 Å². The van der Waals surface area contributed by atoms with Crippen LogP contribution in [0.15, 0.2) is 23.6 Å². The van der Waals surface area contributed by atoms with Crippen molar-refractivity contribution in [3.8, 4) is 5.75 Å². The first-order valence-corrected chi connectivity index (χ1v) is 6.45. The van der Waals surface area contributed by atoms with Crippen LogP contribution < -0.4 is 4.74 Å². The number of aromatic nitrogens is 1. The molecular weight excluding hydrogens is 253 g/mol. The van der Waals surface area contributed by atoms with Crippen LogP contribution >= 0.6 is 11.3 Å². The molecule has 96 valence electrons. The lowest BCUT2D eigenvalue weighted by Gasteiger charge is -2.09. The molecule has 0 aliphatic rings. The van der Waals surface area contributed by atoms with Gasteiger partial charge in [-0.2, -0.15) is 0 Å². The topological polar surface area (TPSA) is 42.4 Å². The van der Waals surface area contributed by atoms with Gasteiger partial charge in [-0.1, -0.05) is 6.07 Å². The van der Waals surface area contributed by atoms with E-state index in [9.17, 15) is 9.50 Å². The number of nitrogens with zero attached hydrogens (tertiary/aromatic N) is 1. The molecule has 0 amide bonds. The number of rotatable bonds is 4. The molecule has 1 heterocycles. The molecule has 2 aromatic rings. The maximum Gasteiger partial charge on any atom is 0.165 e. The summed E-state index contributed by atoms with van der Waals surface area (Å²) in [5.74, 6) is -0.297.